The Morgan fingerprint density at radius 1 is 1.19 bits per heavy atom. The third-order valence-electron chi connectivity index (χ3n) is 2.97. The number of carbonyl (C=O) groups is 2. The van der Waals surface area contributed by atoms with Crippen molar-refractivity contribution in [2.24, 2.45) is 0 Å². The van der Waals surface area contributed by atoms with E-state index in [2.05, 4.69) is 16.9 Å². The molecular weight excluding hydrogens is 288 g/mol. The van der Waals surface area contributed by atoms with Crippen LogP contribution in [0.15, 0.2) is 30.3 Å². The van der Waals surface area contributed by atoms with Crippen LogP contribution < -0.4 is 10.6 Å². The highest BCUT2D eigenvalue weighted by molar-refractivity contribution is 7.98. The SMILES string of the molecule is CSCCCCCNC(=O)N[C@@H](C(=O)O)c1ccccc1. The molecule has 1 rings (SSSR count). The Bertz CT molecular complexity index is 440. The fourth-order valence-electron chi connectivity index (χ4n) is 1.87. The van der Waals surface area contributed by atoms with Crippen molar-refractivity contribution in [2.75, 3.05) is 18.6 Å². The second-order valence-corrected chi connectivity index (χ2v) is 5.62. The summed E-state index contributed by atoms with van der Waals surface area (Å²) in [5.41, 5.74) is 0.556. The Labute approximate surface area is 129 Å². The molecule has 0 unspecified atom stereocenters. The van der Waals surface area contributed by atoms with Gasteiger partial charge in [-0.3, -0.25) is 0 Å². The van der Waals surface area contributed by atoms with E-state index < -0.39 is 18.0 Å². The van der Waals surface area contributed by atoms with E-state index in [4.69, 9.17) is 0 Å². The van der Waals surface area contributed by atoms with Crippen LogP contribution in [0.3, 0.4) is 0 Å². The average molecular weight is 310 g/mol. The van der Waals surface area contributed by atoms with Gasteiger partial charge in [0, 0.05) is 6.54 Å². The number of thioether (sulfide) groups is 1. The largest absolute Gasteiger partial charge is 0.479 e. The monoisotopic (exact) mass is 310 g/mol. The molecule has 0 bridgehead atoms. The van der Waals surface area contributed by atoms with Gasteiger partial charge < -0.3 is 15.7 Å². The molecule has 0 spiro atoms. The number of nitrogens with one attached hydrogen (secondary N) is 2. The van der Waals surface area contributed by atoms with E-state index in [1.54, 1.807) is 30.3 Å². The molecule has 0 heterocycles. The molecule has 1 aromatic carbocycles. The highest BCUT2D eigenvalue weighted by atomic mass is 32.2. The summed E-state index contributed by atoms with van der Waals surface area (Å²) in [7, 11) is 0. The molecule has 0 fully saturated rings. The van der Waals surface area contributed by atoms with Crippen molar-refractivity contribution in [1.29, 1.82) is 0 Å². The summed E-state index contributed by atoms with van der Waals surface area (Å²) in [6.07, 6.45) is 5.16. The molecule has 0 saturated carbocycles. The van der Waals surface area contributed by atoms with Gasteiger partial charge in [0.1, 0.15) is 0 Å². The summed E-state index contributed by atoms with van der Waals surface area (Å²) in [5, 5.41) is 14.4. The number of carbonyl (C=O) groups excluding carboxylic acids is 1. The van der Waals surface area contributed by atoms with E-state index in [1.807, 2.05) is 11.8 Å². The molecule has 0 saturated heterocycles. The predicted octanol–water partition coefficient (Wildman–Crippen LogP) is 2.64. The van der Waals surface area contributed by atoms with E-state index in [1.165, 1.54) is 0 Å². The third kappa shape index (κ3) is 7.04. The zero-order chi connectivity index (χ0) is 15.5. The lowest BCUT2D eigenvalue weighted by Crippen LogP contribution is -2.41. The lowest BCUT2D eigenvalue weighted by atomic mass is 10.1. The van der Waals surface area contributed by atoms with E-state index in [0.717, 1.165) is 25.0 Å². The Kier molecular flexibility index (Phi) is 8.35. The number of amides is 2. The minimum atomic E-state index is -1.07. The molecule has 116 valence electrons. The normalized spacial score (nSPS) is 11.7. The predicted molar refractivity (Wildman–Crippen MR) is 85.6 cm³/mol. The maximum absolute atomic E-state index is 11.7. The van der Waals surface area contributed by atoms with Crippen LogP contribution in [0.4, 0.5) is 4.79 Å². The number of aliphatic carboxylic acids is 1. The van der Waals surface area contributed by atoms with Crippen molar-refractivity contribution >= 4 is 23.8 Å². The molecule has 1 atom stereocenters. The number of carboxylic acid groups (broad SMARTS) is 1. The minimum Gasteiger partial charge on any atom is -0.479 e. The maximum Gasteiger partial charge on any atom is 0.330 e. The fourth-order valence-corrected chi connectivity index (χ4v) is 2.36. The van der Waals surface area contributed by atoms with Gasteiger partial charge in [-0.15, -0.1) is 0 Å². The van der Waals surface area contributed by atoms with Crippen LogP contribution in [0, 0.1) is 0 Å². The van der Waals surface area contributed by atoms with Gasteiger partial charge in [0.05, 0.1) is 0 Å². The Morgan fingerprint density at radius 2 is 1.90 bits per heavy atom. The topological polar surface area (TPSA) is 78.4 Å². The molecular formula is C15H22N2O3S. The number of benzene rings is 1. The third-order valence-corrected chi connectivity index (χ3v) is 3.66. The molecule has 3 N–H and O–H groups in total. The van der Waals surface area contributed by atoms with Gasteiger partial charge in [-0.05, 0) is 30.4 Å². The second-order valence-electron chi connectivity index (χ2n) is 4.64. The maximum atomic E-state index is 11.7. The van der Waals surface area contributed by atoms with Gasteiger partial charge >= 0.3 is 12.0 Å². The van der Waals surface area contributed by atoms with Gasteiger partial charge in [0.2, 0.25) is 0 Å². The first kappa shape index (κ1) is 17.4. The van der Waals surface area contributed by atoms with E-state index >= 15 is 0 Å². The number of rotatable bonds is 9. The van der Waals surface area contributed by atoms with Crippen LogP contribution in [0.5, 0.6) is 0 Å². The molecule has 2 amide bonds. The summed E-state index contributed by atoms with van der Waals surface area (Å²) < 4.78 is 0. The van der Waals surface area contributed by atoms with Gasteiger partial charge in [0.15, 0.2) is 6.04 Å². The van der Waals surface area contributed by atoms with E-state index in [9.17, 15) is 14.7 Å². The highest BCUT2D eigenvalue weighted by Gasteiger charge is 2.21. The van der Waals surface area contributed by atoms with Crippen molar-refractivity contribution in [3.8, 4) is 0 Å². The van der Waals surface area contributed by atoms with Gasteiger partial charge in [0.25, 0.3) is 0 Å². The smallest absolute Gasteiger partial charge is 0.330 e. The van der Waals surface area contributed by atoms with Crippen molar-refractivity contribution in [2.45, 2.75) is 25.3 Å². The highest BCUT2D eigenvalue weighted by Crippen LogP contribution is 2.12. The first-order valence-electron chi connectivity index (χ1n) is 6.96. The molecule has 0 aliphatic carbocycles. The lowest BCUT2D eigenvalue weighted by Gasteiger charge is -2.15. The molecule has 0 aromatic heterocycles. The van der Waals surface area contributed by atoms with Gasteiger partial charge in [-0.1, -0.05) is 36.8 Å². The van der Waals surface area contributed by atoms with Crippen LogP contribution in [0.2, 0.25) is 0 Å². The van der Waals surface area contributed by atoms with Crippen LogP contribution >= 0.6 is 11.8 Å². The van der Waals surface area contributed by atoms with Gasteiger partial charge in [-0.25, -0.2) is 9.59 Å². The van der Waals surface area contributed by atoms with Gasteiger partial charge in [-0.2, -0.15) is 11.8 Å². The fraction of sp³-hybridized carbons (Fsp3) is 0.467. The van der Waals surface area contributed by atoms with E-state index in [0.29, 0.717) is 12.1 Å². The minimum absolute atomic E-state index is 0.448. The standard InChI is InChI=1S/C15H22N2O3S/c1-21-11-7-3-6-10-16-15(20)17-13(14(18)19)12-8-4-2-5-9-12/h2,4-5,8-9,13H,3,6-7,10-11H2,1H3,(H,18,19)(H2,16,17,20)/t13-/m1/s1. The number of carboxylic acids is 1. The zero-order valence-corrected chi connectivity index (χ0v) is 13.0. The van der Waals surface area contributed by atoms with Crippen LogP contribution in [0.1, 0.15) is 30.9 Å². The first-order chi connectivity index (χ1) is 10.1. The van der Waals surface area contributed by atoms with Crippen LogP contribution in [0.25, 0.3) is 0 Å². The molecule has 6 heteroatoms. The Hall–Kier alpha value is -1.69. The first-order valence-corrected chi connectivity index (χ1v) is 8.35. The average Bonchev–Trinajstić information content (AvgIpc) is 2.49. The van der Waals surface area contributed by atoms with Crippen LogP contribution in [-0.4, -0.2) is 35.7 Å². The molecule has 0 radical (unpaired) electrons. The quantitative estimate of drug-likeness (QED) is 0.613. The number of hydrogen-bond acceptors (Lipinski definition) is 3. The van der Waals surface area contributed by atoms with Crippen molar-refractivity contribution < 1.29 is 14.7 Å². The molecule has 0 aliphatic rings. The number of hydrogen-bond donors (Lipinski definition) is 3. The summed E-state index contributed by atoms with van der Waals surface area (Å²) >= 11 is 1.81. The molecule has 0 aliphatic heterocycles. The number of urea groups is 1. The van der Waals surface area contributed by atoms with Crippen molar-refractivity contribution in [3.05, 3.63) is 35.9 Å². The molecule has 21 heavy (non-hydrogen) atoms. The molecule has 5 nitrogen and oxygen atoms in total. The lowest BCUT2D eigenvalue weighted by molar-refractivity contribution is -0.139. The second kappa shape index (κ2) is 10.1. The summed E-state index contributed by atoms with van der Waals surface area (Å²) in [4.78, 5) is 23.0. The van der Waals surface area contributed by atoms with Crippen molar-refractivity contribution in [3.63, 3.8) is 0 Å². The summed E-state index contributed by atoms with van der Waals surface area (Å²) in [6, 6.07) is 7.19. The summed E-state index contributed by atoms with van der Waals surface area (Å²) in [6.45, 7) is 0.557. The van der Waals surface area contributed by atoms with E-state index in [-0.39, 0.29) is 0 Å². The summed E-state index contributed by atoms with van der Waals surface area (Å²) in [5.74, 6) is 0.0534. The van der Waals surface area contributed by atoms with Crippen LogP contribution in [-0.2, 0) is 4.79 Å². The Morgan fingerprint density at radius 3 is 2.52 bits per heavy atom. The Balaban J connectivity index is 2.35. The van der Waals surface area contributed by atoms with Crippen molar-refractivity contribution in [1.82, 2.24) is 10.6 Å². The zero-order valence-electron chi connectivity index (χ0n) is 12.2. The number of unbranched alkanes of at least 4 members (excludes halogenated alkanes) is 2. The molecule has 1 aromatic rings.